The van der Waals surface area contributed by atoms with Crippen LogP contribution in [-0.2, 0) is 0 Å². The van der Waals surface area contributed by atoms with E-state index in [0.717, 1.165) is 26.1 Å². The topological polar surface area (TPSA) is 50.8 Å². The largest absolute Gasteiger partial charge is 0.497 e. The van der Waals surface area contributed by atoms with Crippen molar-refractivity contribution in [3.8, 4) is 11.5 Å². The molecule has 0 saturated carbocycles. The second kappa shape index (κ2) is 6.61. The van der Waals surface area contributed by atoms with Gasteiger partial charge >= 0.3 is 0 Å². The van der Waals surface area contributed by atoms with E-state index in [4.69, 9.17) is 9.47 Å². The van der Waals surface area contributed by atoms with Crippen LogP contribution in [0.1, 0.15) is 23.7 Å². The summed E-state index contributed by atoms with van der Waals surface area (Å²) in [5, 5.41) is 3.21. The first kappa shape index (κ1) is 14.7. The second-order valence-corrected chi connectivity index (χ2v) is 4.88. The van der Waals surface area contributed by atoms with Crippen molar-refractivity contribution < 1.29 is 14.3 Å². The highest BCUT2D eigenvalue weighted by atomic mass is 16.5. The summed E-state index contributed by atoms with van der Waals surface area (Å²) in [5.74, 6) is 1.27. The van der Waals surface area contributed by atoms with E-state index in [1.807, 2.05) is 4.90 Å². The van der Waals surface area contributed by atoms with Gasteiger partial charge in [-0.15, -0.1) is 0 Å². The van der Waals surface area contributed by atoms with E-state index in [1.54, 1.807) is 32.4 Å². The van der Waals surface area contributed by atoms with Gasteiger partial charge in [0.2, 0.25) is 0 Å². The molecule has 1 N–H and O–H groups in total. The number of hydrogen-bond acceptors (Lipinski definition) is 4. The molecule has 1 aromatic carbocycles. The summed E-state index contributed by atoms with van der Waals surface area (Å²) in [6.45, 7) is 4.58. The average Bonchev–Trinajstić information content (AvgIpc) is 2.43. The molecule has 1 fully saturated rings. The number of nitrogens with one attached hydrogen (secondary N) is 1. The first-order valence-electron chi connectivity index (χ1n) is 6.95. The fourth-order valence-corrected chi connectivity index (χ4v) is 2.31. The molecule has 1 aliphatic rings. The molecule has 1 amide bonds. The van der Waals surface area contributed by atoms with Crippen LogP contribution in [0.2, 0.25) is 0 Å². The Kier molecular flexibility index (Phi) is 4.84. The first-order valence-corrected chi connectivity index (χ1v) is 6.95. The summed E-state index contributed by atoms with van der Waals surface area (Å²) in [6, 6.07) is 5.60. The van der Waals surface area contributed by atoms with Crippen LogP contribution in [0.5, 0.6) is 11.5 Å². The molecule has 20 heavy (non-hydrogen) atoms. The van der Waals surface area contributed by atoms with Crippen LogP contribution in [0.15, 0.2) is 18.2 Å². The van der Waals surface area contributed by atoms with E-state index >= 15 is 0 Å². The van der Waals surface area contributed by atoms with E-state index in [2.05, 4.69) is 12.2 Å². The highest BCUT2D eigenvalue weighted by Crippen LogP contribution is 2.26. The van der Waals surface area contributed by atoms with E-state index in [9.17, 15) is 4.79 Å². The van der Waals surface area contributed by atoms with Crippen LogP contribution >= 0.6 is 0 Å². The van der Waals surface area contributed by atoms with Crippen LogP contribution in [0.3, 0.4) is 0 Å². The van der Waals surface area contributed by atoms with E-state index in [1.165, 1.54) is 0 Å². The van der Waals surface area contributed by atoms with E-state index in [0.29, 0.717) is 17.1 Å². The number of nitrogens with zero attached hydrogens (tertiary/aromatic N) is 1. The number of amides is 1. The van der Waals surface area contributed by atoms with Gasteiger partial charge in [-0.05, 0) is 18.6 Å². The van der Waals surface area contributed by atoms with Gasteiger partial charge < -0.3 is 19.7 Å². The molecule has 5 nitrogen and oxygen atoms in total. The van der Waals surface area contributed by atoms with Gasteiger partial charge in [-0.3, -0.25) is 4.79 Å². The summed E-state index contributed by atoms with van der Waals surface area (Å²) in [7, 11) is 3.17. The lowest BCUT2D eigenvalue weighted by molar-refractivity contribution is 0.0612. The third-order valence-corrected chi connectivity index (χ3v) is 3.57. The number of methoxy groups -OCH3 is 2. The highest BCUT2D eigenvalue weighted by Gasteiger charge is 2.30. The van der Waals surface area contributed by atoms with E-state index in [-0.39, 0.29) is 11.9 Å². The fourth-order valence-electron chi connectivity index (χ4n) is 2.31. The third-order valence-electron chi connectivity index (χ3n) is 3.57. The molecule has 1 heterocycles. The smallest absolute Gasteiger partial charge is 0.257 e. The predicted molar refractivity (Wildman–Crippen MR) is 77.5 cm³/mol. The SMILES string of the molecule is CCCN(C(=O)c1ccc(OC)cc1OC)C1CNC1. The monoisotopic (exact) mass is 278 g/mol. The van der Waals surface area contributed by atoms with Crippen molar-refractivity contribution in [2.24, 2.45) is 0 Å². The van der Waals surface area contributed by atoms with Crippen molar-refractivity contribution in [2.75, 3.05) is 33.9 Å². The van der Waals surface area contributed by atoms with Crippen molar-refractivity contribution in [1.29, 1.82) is 0 Å². The first-order chi connectivity index (χ1) is 9.71. The minimum Gasteiger partial charge on any atom is -0.497 e. The standard InChI is InChI=1S/C15H22N2O3/c1-4-7-17(11-9-16-10-11)15(18)13-6-5-12(19-2)8-14(13)20-3/h5-6,8,11,16H,4,7,9-10H2,1-3H3. The molecule has 1 aliphatic heterocycles. The lowest BCUT2D eigenvalue weighted by atomic mass is 10.1. The van der Waals surface area contributed by atoms with Gasteiger partial charge in [-0.2, -0.15) is 0 Å². The zero-order valence-corrected chi connectivity index (χ0v) is 12.3. The van der Waals surface area contributed by atoms with Gasteiger partial charge in [-0.1, -0.05) is 6.92 Å². The molecule has 0 unspecified atom stereocenters. The average molecular weight is 278 g/mol. The summed E-state index contributed by atoms with van der Waals surface area (Å²) in [6.07, 6.45) is 0.945. The van der Waals surface area contributed by atoms with Gasteiger partial charge in [0.15, 0.2) is 0 Å². The van der Waals surface area contributed by atoms with Crippen molar-refractivity contribution in [3.63, 3.8) is 0 Å². The number of carbonyl (C=O) groups excluding carboxylic acids is 1. The fraction of sp³-hybridized carbons (Fsp3) is 0.533. The predicted octanol–water partition coefficient (Wildman–Crippen LogP) is 1.53. The lowest BCUT2D eigenvalue weighted by Gasteiger charge is -2.38. The summed E-state index contributed by atoms with van der Waals surface area (Å²) in [5.41, 5.74) is 0.591. The quantitative estimate of drug-likeness (QED) is 0.857. The number of ether oxygens (including phenoxy) is 2. The van der Waals surface area contributed by atoms with Gasteiger partial charge in [0.05, 0.1) is 25.8 Å². The van der Waals surface area contributed by atoms with Gasteiger partial charge in [0.1, 0.15) is 11.5 Å². The number of rotatable bonds is 6. The Morgan fingerprint density at radius 3 is 2.60 bits per heavy atom. The molecular formula is C15H22N2O3. The Hall–Kier alpha value is -1.75. The molecule has 0 atom stereocenters. The molecule has 0 bridgehead atoms. The molecule has 0 spiro atoms. The van der Waals surface area contributed by atoms with Crippen LogP contribution < -0.4 is 14.8 Å². The zero-order chi connectivity index (χ0) is 14.5. The van der Waals surface area contributed by atoms with Gasteiger partial charge in [-0.25, -0.2) is 0 Å². The Morgan fingerprint density at radius 1 is 1.35 bits per heavy atom. The molecule has 2 rings (SSSR count). The van der Waals surface area contributed by atoms with Crippen LogP contribution in [0.4, 0.5) is 0 Å². The van der Waals surface area contributed by atoms with Crippen molar-refractivity contribution in [1.82, 2.24) is 10.2 Å². The lowest BCUT2D eigenvalue weighted by Crippen LogP contribution is -2.59. The highest BCUT2D eigenvalue weighted by molar-refractivity contribution is 5.97. The Balaban J connectivity index is 2.25. The molecule has 0 radical (unpaired) electrons. The van der Waals surface area contributed by atoms with Crippen LogP contribution in [-0.4, -0.2) is 50.7 Å². The summed E-state index contributed by atoms with van der Waals surface area (Å²) >= 11 is 0. The van der Waals surface area contributed by atoms with Crippen molar-refractivity contribution in [3.05, 3.63) is 23.8 Å². The Labute approximate surface area is 119 Å². The van der Waals surface area contributed by atoms with Gasteiger partial charge in [0, 0.05) is 25.7 Å². The summed E-state index contributed by atoms with van der Waals surface area (Å²) < 4.78 is 10.5. The molecule has 1 saturated heterocycles. The third kappa shape index (κ3) is 2.88. The summed E-state index contributed by atoms with van der Waals surface area (Å²) in [4.78, 5) is 14.7. The molecular weight excluding hydrogens is 256 g/mol. The molecule has 1 aromatic rings. The zero-order valence-electron chi connectivity index (χ0n) is 12.3. The van der Waals surface area contributed by atoms with Crippen molar-refractivity contribution >= 4 is 5.91 Å². The maximum absolute atomic E-state index is 12.7. The van der Waals surface area contributed by atoms with Gasteiger partial charge in [0.25, 0.3) is 5.91 Å². The minimum absolute atomic E-state index is 0.0258. The second-order valence-electron chi connectivity index (χ2n) is 4.88. The number of hydrogen-bond donors (Lipinski definition) is 1. The molecule has 0 aromatic heterocycles. The number of benzene rings is 1. The molecule has 5 heteroatoms. The maximum Gasteiger partial charge on any atom is 0.257 e. The Bertz CT molecular complexity index is 472. The maximum atomic E-state index is 12.7. The molecule has 110 valence electrons. The van der Waals surface area contributed by atoms with E-state index < -0.39 is 0 Å². The Morgan fingerprint density at radius 2 is 2.10 bits per heavy atom. The van der Waals surface area contributed by atoms with Crippen molar-refractivity contribution in [2.45, 2.75) is 19.4 Å². The van der Waals surface area contributed by atoms with Crippen LogP contribution in [0.25, 0.3) is 0 Å². The molecule has 0 aliphatic carbocycles. The van der Waals surface area contributed by atoms with Crippen LogP contribution in [0, 0.1) is 0 Å². The number of carbonyl (C=O) groups is 1. The minimum atomic E-state index is 0.0258. The normalized spacial score (nSPS) is 14.6.